The Balaban J connectivity index is 2.07. The average Bonchev–Trinajstić information content (AvgIpc) is 2.82. The molecule has 3 rings (SSSR count). The number of allylic oxidation sites excluding steroid dienone is 1. The molecule has 2 unspecified atom stereocenters. The molecule has 0 amide bonds. The Morgan fingerprint density at radius 3 is 2.85 bits per heavy atom. The summed E-state index contributed by atoms with van der Waals surface area (Å²) in [4.78, 5) is 11.3. The molecule has 2 heteroatoms. The Bertz CT molecular complexity index is 312. The van der Waals surface area contributed by atoms with Crippen LogP contribution in [-0.2, 0) is 9.53 Å². The first kappa shape index (κ1) is 7.74. The number of carbonyl (C=O) groups is 1. The standard InChI is InChI=1S/C11H14O2/c1-10-4-3-9(12)6-8(10)2-5-11(10)7-13-11/h6H,2-5,7H2,1H3. The van der Waals surface area contributed by atoms with Gasteiger partial charge in [-0.05, 0) is 25.3 Å². The maximum atomic E-state index is 11.3. The molecule has 1 saturated heterocycles. The zero-order valence-corrected chi connectivity index (χ0v) is 7.93. The number of carbonyl (C=O) groups excluding carboxylic acids is 1. The first-order valence-electron chi connectivity index (χ1n) is 5.04. The van der Waals surface area contributed by atoms with Crippen LogP contribution in [0.2, 0.25) is 0 Å². The van der Waals surface area contributed by atoms with E-state index < -0.39 is 0 Å². The van der Waals surface area contributed by atoms with Crippen LogP contribution >= 0.6 is 0 Å². The summed E-state index contributed by atoms with van der Waals surface area (Å²) in [6.07, 6.45) is 5.79. The van der Waals surface area contributed by atoms with Crippen molar-refractivity contribution < 1.29 is 9.53 Å². The van der Waals surface area contributed by atoms with Crippen LogP contribution in [0.1, 0.15) is 32.6 Å². The highest BCUT2D eigenvalue weighted by Gasteiger charge is 2.64. The normalized spacial score (nSPS) is 47.8. The summed E-state index contributed by atoms with van der Waals surface area (Å²) in [5.41, 5.74) is 1.68. The van der Waals surface area contributed by atoms with Gasteiger partial charge in [0.05, 0.1) is 6.61 Å². The Hall–Kier alpha value is -0.630. The lowest BCUT2D eigenvalue weighted by Gasteiger charge is -2.33. The van der Waals surface area contributed by atoms with Crippen LogP contribution < -0.4 is 0 Å². The van der Waals surface area contributed by atoms with Crippen molar-refractivity contribution in [2.45, 2.75) is 38.2 Å². The SMILES string of the molecule is CC12CCC(=O)C=C1CCC21CO1. The average molecular weight is 178 g/mol. The zero-order chi connectivity index (χ0) is 9.10. The van der Waals surface area contributed by atoms with Crippen molar-refractivity contribution in [1.82, 2.24) is 0 Å². The summed E-state index contributed by atoms with van der Waals surface area (Å²) in [5, 5.41) is 0. The van der Waals surface area contributed by atoms with Crippen LogP contribution in [0.25, 0.3) is 0 Å². The predicted molar refractivity (Wildman–Crippen MR) is 48.3 cm³/mol. The van der Waals surface area contributed by atoms with E-state index >= 15 is 0 Å². The molecule has 0 bridgehead atoms. The van der Waals surface area contributed by atoms with Crippen molar-refractivity contribution in [3.63, 3.8) is 0 Å². The van der Waals surface area contributed by atoms with Gasteiger partial charge in [-0.15, -0.1) is 0 Å². The molecule has 2 atom stereocenters. The molecule has 1 spiro atoms. The second-order valence-corrected chi connectivity index (χ2v) is 4.75. The van der Waals surface area contributed by atoms with Gasteiger partial charge in [0.2, 0.25) is 0 Å². The topological polar surface area (TPSA) is 29.6 Å². The van der Waals surface area contributed by atoms with Crippen molar-refractivity contribution in [2.24, 2.45) is 5.41 Å². The molecule has 0 aromatic rings. The number of hydrogen-bond acceptors (Lipinski definition) is 2. The molecule has 2 fully saturated rings. The summed E-state index contributed by atoms with van der Waals surface area (Å²) in [5.74, 6) is 0.310. The number of ketones is 1. The monoisotopic (exact) mass is 178 g/mol. The molecule has 70 valence electrons. The van der Waals surface area contributed by atoms with Crippen LogP contribution in [0.3, 0.4) is 0 Å². The molecular formula is C11H14O2. The molecule has 1 saturated carbocycles. The maximum absolute atomic E-state index is 11.3. The number of rotatable bonds is 0. The third kappa shape index (κ3) is 0.798. The molecule has 13 heavy (non-hydrogen) atoms. The third-order valence-electron chi connectivity index (χ3n) is 4.21. The van der Waals surface area contributed by atoms with Gasteiger partial charge >= 0.3 is 0 Å². The summed E-state index contributed by atoms with van der Waals surface area (Å²) >= 11 is 0. The molecule has 0 N–H and O–H groups in total. The highest BCUT2D eigenvalue weighted by atomic mass is 16.6. The second-order valence-electron chi connectivity index (χ2n) is 4.75. The van der Waals surface area contributed by atoms with Crippen molar-refractivity contribution in [3.8, 4) is 0 Å². The minimum atomic E-state index is 0.138. The van der Waals surface area contributed by atoms with Crippen molar-refractivity contribution in [2.75, 3.05) is 6.61 Å². The number of hydrogen-bond donors (Lipinski definition) is 0. The fraction of sp³-hybridized carbons (Fsp3) is 0.727. The largest absolute Gasteiger partial charge is 0.369 e. The first-order valence-corrected chi connectivity index (χ1v) is 5.04. The fourth-order valence-electron chi connectivity index (χ4n) is 2.99. The van der Waals surface area contributed by atoms with Crippen LogP contribution in [0, 0.1) is 5.41 Å². The van der Waals surface area contributed by atoms with E-state index in [1.165, 1.54) is 5.57 Å². The van der Waals surface area contributed by atoms with Crippen molar-refractivity contribution >= 4 is 5.78 Å². The Morgan fingerprint density at radius 1 is 1.38 bits per heavy atom. The molecular weight excluding hydrogens is 164 g/mol. The van der Waals surface area contributed by atoms with Crippen LogP contribution in [0.4, 0.5) is 0 Å². The Morgan fingerprint density at radius 2 is 2.15 bits per heavy atom. The van der Waals surface area contributed by atoms with E-state index in [-0.39, 0.29) is 11.0 Å². The van der Waals surface area contributed by atoms with E-state index in [0.717, 1.165) is 25.9 Å². The molecule has 1 heterocycles. The number of ether oxygens (including phenoxy) is 1. The smallest absolute Gasteiger partial charge is 0.155 e. The number of fused-ring (bicyclic) bond motifs is 2. The van der Waals surface area contributed by atoms with Gasteiger partial charge in [0.25, 0.3) is 0 Å². The molecule has 0 aromatic heterocycles. The maximum Gasteiger partial charge on any atom is 0.155 e. The minimum Gasteiger partial charge on any atom is -0.369 e. The minimum absolute atomic E-state index is 0.138. The Kier molecular flexibility index (Phi) is 1.23. The summed E-state index contributed by atoms with van der Waals surface area (Å²) in [7, 11) is 0. The fourth-order valence-corrected chi connectivity index (χ4v) is 2.99. The molecule has 3 aliphatic rings. The van der Waals surface area contributed by atoms with Gasteiger partial charge in [0.1, 0.15) is 5.60 Å². The molecule has 1 aliphatic heterocycles. The highest BCUT2D eigenvalue weighted by Crippen LogP contribution is 2.62. The zero-order valence-electron chi connectivity index (χ0n) is 7.93. The van der Waals surface area contributed by atoms with Gasteiger partial charge in [-0.2, -0.15) is 0 Å². The summed E-state index contributed by atoms with van der Waals surface area (Å²) < 4.78 is 5.61. The third-order valence-corrected chi connectivity index (χ3v) is 4.21. The van der Waals surface area contributed by atoms with Crippen LogP contribution in [0.5, 0.6) is 0 Å². The van der Waals surface area contributed by atoms with E-state index in [1.54, 1.807) is 0 Å². The van der Waals surface area contributed by atoms with Gasteiger partial charge in [0, 0.05) is 11.8 Å². The quantitative estimate of drug-likeness (QED) is 0.530. The van der Waals surface area contributed by atoms with E-state index in [1.807, 2.05) is 6.08 Å². The van der Waals surface area contributed by atoms with E-state index in [9.17, 15) is 4.79 Å². The number of epoxide rings is 1. The highest BCUT2D eigenvalue weighted by molar-refractivity contribution is 5.92. The second kappa shape index (κ2) is 2.06. The van der Waals surface area contributed by atoms with Gasteiger partial charge in [0.15, 0.2) is 5.78 Å². The van der Waals surface area contributed by atoms with Crippen molar-refractivity contribution in [3.05, 3.63) is 11.6 Å². The van der Waals surface area contributed by atoms with Crippen molar-refractivity contribution in [1.29, 1.82) is 0 Å². The van der Waals surface area contributed by atoms with Gasteiger partial charge in [-0.1, -0.05) is 12.5 Å². The van der Waals surface area contributed by atoms with E-state index in [0.29, 0.717) is 12.2 Å². The summed E-state index contributed by atoms with van der Waals surface area (Å²) in [6.45, 7) is 3.18. The molecule has 0 radical (unpaired) electrons. The molecule has 2 nitrogen and oxygen atoms in total. The van der Waals surface area contributed by atoms with Gasteiger partial charge < -0.3 is 4.74 Å². The lowest BCUT2D eigenvalue weighted by Crippen LogP contribution is -2.34. The van der Waals surface area contributed by atoms with Crippen LogP contribution in [-0.4, -0.2) is 18.0 Å². The predicted octanol–water partition coefficient (Wildman–Crippen LogP) is 1.84. The van der Waals surface area contributed by atoms with Gasteiger partial charge in [-0.25, -0.2) is 0 Å². The Labute approximate surface area is 78.0 Å². The first-order chi connectivity index (χ1) is 6.16. The molecule has 2 aliphatic carbocycles. The lowest BCUT2D eigenvalue weighted by molar-refractivity contribution is -0.115. The molecule has 0 aromatic carbocycles. The van der Waals surface area contributed by atoms with Crippen LogP contribution in [0.15, 0.2) is 11.6 Å². The van der Waals surface area contributed by atoms with E-state index in [2.05, 4.69) is 6.92 Å². The summed E-state index contributed by atoms with van der Waals surface area (Å²) in [6, 6.07) is 0. The van der Waals surface area contributed by atoms with E-state index in [4.69, 9.17) is 4.74 Å². The van der Waals surface area contributed by atoms with Gasteiger partial charge in [-0.3, -0.25) is 4.79 Å². The lowest BCUT2D eigenvalue weighted by atomic mass is 9.70.